The van der Waals surface area contributed by atoms with Gasteiger partial charge in [0.2, 0.25) is 5.91 Å². The average molecular weight is 541 g/mol. The predicted molar refractivity (Wildman–Crippen MR) is 130 cm³/mol. The quantitative estimate of drug-likeness (QED) is 0.279. The number of methoxy groups -OCH3 is 1. The molecule has 29 heavy (non-hydrogen) atoms. The normalized spacial score (nSPS) is 10.8. The van der Waals surface area contributed by atoms with E-state index in [-0.39, 0.29) is 36.4 Å². The highest BCUT2D eigenvalue weighted by Crippen LogP contribution is 2.36. The summed E-state index contributed by atoms with van der Waals surface area (Å²) in [6, 6.07) is 3.69. The van der Waals surface area contributed by atoms with Gasteiger partial charge in [0.25, 0.3) is 0 Å². The van der Waals surface area contributed by atoms with Gasteiger partial charge in [0.15, 0.2) is 17.5 Å². The number of carbonyl (C=O) groups is 1. The van der Waals surface area contributed by atoms with E-state index < -0.39 is 0 Å². The van der Waals surface area contributed by atoms with Crippen molar-refractivity contribution in [1.82, 2.24) is 15.1 Å². The number of halogens is 2. The van der Waals surface area contributed by atoms with Crippen LogP contribution in [0.25, 0.3) is 0 Å². The third kappa shape index (κ3) is 8.46. The van der Waals surface area contributed by atoms with E-state index in [0.717, 1.165) is 5.56 Å². The van der Waals surface area contributed by atoms with E-state index in [1.165, 1.54) is 0 Å². The number of aliphatic imine (C=N–C) groups is 1. The molecule has 0 fully saturated rings. The van der Waals surface area contributed by atoms with Gasteiger partial charge in [-0.05, 0) is 45.4 Å². The van der Waals surface area contributed by atoms with Gasteiger partial charge in [-0.3, -0.25) is 4.79 Å². The molecule has 0 saturated heterocycles. The smallest absolute Gasteiger partial charge is 0.242 e. The van der Waals surface area contributed by atoms with Crippen LogP contribution in [0, 0.1) is 0 Å². The standard InChI is InChI=1S/C20H33ClN4O3.HI/c1-7-22-20(24(5)14-18(26)25(8-2)9-3)23-13-15-11-16(21)19(28-10-4)17(12-15)27-6;/h11-12H,7-10,13-14H2,1-6H3,(H,22,23);1H. The number of hydrogen-bond donors (Lipinski definition) is 1. The molecule has 1 rings (SSSR count). The van der Waals surface area contributed by atoms with Gasteiger partial charge in [0, 0.05) is 26.7 Å². The Hall–Kier alpha value is -1.42. The minimum Gasteiger partial charge on any atom is -0.493 e. The molecule has 0 aromatic heterocycles. The molecule has 0 bridgehead atoms. The maximum Gasteiger partial charge on any atom is 0.242 e. The van der Waals surface area contributed by atoms with Gasteiger partial charge < -0.3 is 24.6 Å². The van der Waals surface area contributed by atoms with Crippen molar-refractivity contribution in [1.29, 1.82) is 0 Å². The van der Waals surface area contributed by atoms with Crippen LogP contribution in [0.5, 0.6) is 11.5 Å². The molecule has 1 amide bonds. The van der Waals surface area contributed by atoms with Gasteiger partial charge >= 0.3 is 0 Å². The molecular weight excluding hydrogens is 507 g/mol. The predicted octanol–water partition coefficient (Wildman–Crippen LogP) is 3.63. The van der Waals surface area contributed by atoms with Crippen LogP contribution in [0.3, 0.4) is 0 Å². The largest absolute Gasteiger partial charge is 0.493 e. The molecule has 9 heteroatoms. The Morgan fingerprint density at radius 3 is 2.38 bits per heavy atom. The summed E-state index contributed by atoms with van der Waals surface area (Å²) in [5.74, 6) is 1.85. The van der Waals surface area contributed by atoms with Crippen molar-refractivity contribution in [2.45, 2.75) is 34.2 Å². The Bertz CT molecular complexity index is 669. The number of rotatable bonds is 10. The number of carbonyl (C=O) groups excluding carboxylic acids is 1. The van der Waals surface area contributed by atoms with E-state index in [1.54, 1.807) is 12.0 Å². The highest BCUT2D eigenvalue weighted by atomic mass is 127. The van der Waals surface area contributed by atoms with Gasteiger partial charge in [0.05, 0.1) is 31.8 Å². The minimum absolute atomic E-state index is 0. The van der Waals surface area contributed by atoms with Crippen LogP contribution >= 0.6 is 35.6 Å². The highest BCUT2D eigenvalue weighted by Gasteiger charge is 2.16. The van der Waals surface area contributed by atoms with Crippen molar-refractivity contribution in [2.75, 3.05) is 46.9 Å². The zero-order chi connectivity index (χ0) is 21.1. The number of ether oxygens (including phenoxy) is 2. The van der Waals surface area contributed by atoms with Crippen LogP contribution in [0.1, 0.15) is 33.3 Å². The van der Waals surface area contributed by atoms with E-state index in [1.807, 2.05) is 51.8 Å². The van der Waals surface area contributed by atoms with Crippen LogP contribution in [-0.2, 0) is 11.3 Å². The molecule has 1 N–H and O–H groups in total. The molecular formula is C20H34ClIN4O3. The van der Waals surface area contributed by atoms with E-state index in [4.69, 9.17) is 21.1 Å². The Kier molecular flexibility index (Phi) is 13.8. The number of benzene rings is 1. The molecule has 0 atom stereocenters. The summed E-state index contributed by atoms with van der Waals surface area (Å²) in [4.78, 5) is 20.7. The van der Waals surface area contributed by atoms with Crippen molar-refractivity contribution in [3.05, 3.63) is 22.7 Å². The number of likely N-dealkylation sites (N-methyl/N-ethyl adjacent to an activating group) is 2. The van der Waals surface area contributed by atoms with Crippen LogP contribution in [0.15, 0.2) is 17.1 Å². The molecule has 0 spiro atoms. The van der Waals surface area contributed by atoms with Gasteiger partial charge in [-0.2, -0.15) is 0 Å². The summed E-state index contributed by atoms with van der Waals surface area (Å²) in [5, 5.41) is 3.71. The second kappa shape index (κ2) is 14.5. The lowest BCUT2D eigenvalue weighted by atomic mass is 10.2. The Morgan fingerprint density at radius 2 is 1.86 bits per heavy atom. The fourth-order valence-electron chi connectivity index (χ4n) is 2.74. The summed E-state index contributed by atoms with van der Waals surface area (Å²) in [6.45, 7) is 11.1. The van der Waals surface area contributed by atoms with Crippen molar-refractivity contribution >= 4 is 47.4 Å². The van der Waals surface area contributed by atoms with E-state index in [0.29, 0.717) is 55.3 Å². The van der Waals surface area contributed by atoms with Gasteiger partial charge in [-0.1, -0.05) is 11.6 Å². The summed E-state index contributed by atoms with van der Waals surface area (Å²) in [5.41, 5.74) is 0.893. The van der Waals surface area contributed by atoms with Gasteiger partial charge in [0.1, 0.15) is 0 Å². The van der Waals surface area contributed by atoms with Crippen molar-refractivity contribution < 1.29 is 14.3 Å². The number of guanidine groups is 1. The summed E-state index contributed by atoms with van der Waals surface area (Å²) in [7, 11) is 3.44. The molecule has 0 aliphatic heterocycles. The number of nitrogens with zero attached hydrogens (tertiary/aromatic N) is 3. The van der Waals surface area contributed by atoms with Crippen molar-refractivity contribution in [3.63, 3.8) is 0 Å². The first-order valence-corrected chi connectivity index (χ1v) is 10.1. The number of hydrogen-bond acceptors (Lipinski definition) is 4. The summed E-state index contributed by atoms with van der Waals surface area (Å²) in [6.07, 6.45) is 0. The monoisotopic (exact) mass is 540 g/mol. The van der Waals surface area contributed by atoms with Crippen LogP contribution in [0.2, 0.25) is 5.02 Å². The zero-order valence-electron chi connectivity index (χ0n) is 18.2. The lowest BCUT2D eigenvalue weighted by molar-refractivity contribution is -0.131. The highest BCUT2D eigenvalue weighted by molar-refractivity contribution is 14.0. The molecule has 166 valence electrons. The van der Waals surface area contributed by atoms with E-state index >= 15 is 0 Å². The maximum absolute atomic E-state index is 12.4. The number of amides is 1. The fourth-order valence-corrected chi connectivity index (χ4v) is 3.03. The first-order valence-electron chi connectivity index (χ1n) is 9.68. The topological polar surface area (TPSA) is 66.4 Å². The third-order valence-electron chi connectivity index (χ3n) is 4.17. The van der Waals surface area contributed by atoms with Crippen molar-refractivity contribution in [2.24, 2.45) is 4.99 Å². The molecule has 0 heterocycles. The molecule has 0 saturated carbocycles. The molecule has 0 aliphatic carbocycles. The average Bonchev–Trinajstić information content (AvgIpc) is 2.67. The molecule has 1 aromatic carbocycles. The molecule has 0 radical (unpaired) electrons. The van der Waals surface area contributed by atoms with E-state index in [2.05, 4.69) is 10.3 Å². The Morgan fingerprint density at radius 1 is 1.21 bits per heavy atom. The number of nitrogens with one attached hydrogen (secondary N) is 1. The third-order valence-corrected chi connectivity index (χ3v) is 4.46. The first-order chi connectivity index (χ1) is 13.4. The van der Waals surface area contributed by atoms with Crippen LogP contribution in [0.4, 0.5) is 0 Å². The fraction of sp³-hybridized carbons (Fsp3) is 0.600. The Balaban J connectivity index is 0.00000784. The van der Waals surface area contributed by atoms with Crippen LogP contribution < -0.4 is 14.8 Å². The van der Waals surface area contributed by atoms with Crippen LogP contribution in [-0.4, -0.2) is 68.6 Å². The molecule has 7 nitrogen and oxygen atoms in total. The van der Waals surface area contributed by atoms with E-state index in [9.17, 15) is 4.79 Å². The maximum atomic E-state index is 12.4. The summed E-state index contributed by atoms with van der Waals surface area (Å²) < 4.78 is 10.9. The second-order valence-electron chi connectivity index (χ2n) is 6.13. The zero-order valence-corrected chi connectivity index (χ0v) is 21.3. The minimum atomic E-state index is 0. The first kappa shape index (κ1) is 27.6. The lowest BCUT2D eigenvalue weighted by Crippen LogP contribution is -2.45. The summed E-state index contributed by atoms with van der Waals surface area (Å²) >= 11 is 6.34. The lowest BCUT2D eigenvalue weighted by Gasteiger charge is -2.25. The second-order valence-corrected chi connectivity index (χ2v) is 6.54. The van der Waals surface area contributed by atoms with Crippen molar-refractivity contribution in [3.8, 4) is 11.5 Å². The Labute approximate surface area is 196 Å². The molecule has 0 aliphatic rings. The molecule has 0 unspecified atom stereocenters. The SMILES string of the molecule is CCNC(=NCc1cc(Cl)c(OCC)c(OC)c1)N(C)CC(=O)N(CC)CC.I. The van der Waals surface area contributed by atoms with Gasteiger partial charge in [-0.25, -0.2) is 4.99 Å². The molecule has 1 aromatic rings. The van der Waals surface area contributed by atoms with Gasteiger partial charge in [-0.15, -0.1) is 24.0 Å².